The summed E-state index contributed by atoms with van der Waals surface area (Å²) in [7, 11) is -12.6. The normalized spacial score (nSPS) is 17.6. The number of aryl methyl sites for hydroxylation is 1. The number of nitrogens with zero attached hydrogens (tertiary/aromatic N) is 7. The fourth-order valence-corrected chi connectivity index (χ4v) is 15.7. The van der Waals surface area contributed by atoms with Gasteiger partial charge in [-0.25, -0.2) is 48.0 Å². The fraction of sp³-hybridized carbons (Fsp3) is 0.551. The maximum Gasteiger partial charge on any atom is 0.494 e. The van der Waals surface area contributed by atoms with Gasteiger partial charge in [0.15, 0.2) is 39.3 Å². The van der Waals surface area contributed by atoms with Crippen LogP contribution in [-0.2, 0) is 74.7 Å². The summed E-state index contributed by atoms with van der Waals surface area (Å²) in [5.74, 6) is -0.296. The lowest BCUT2D eigenvalue weighted by Gasteiger charge is -2.32. The largest absolute Gasteiger partial charge is 0.494 e. The van der Waals surface area contributed by atoms with Gasteiger partial charge in [0, 0.05) is 157 Å². The van der Waals surface area contributed by atoms with E-state index in [-0.39, 0.29) is 26.3 Å². The third-order valence-corrected chi connectivity index (χ3v) is 23.2. The predicted octanol–water partition coefficient (Wildman–Crippen LogP) is 5.96. The van der Waals surface area contributed by atoms with Gasteiger partial charge in [-0.1, -0.05) is 44.0 Å². The van der Waals surface area contributed by atoms with E-state index in [1.165, 1.54) is 41.8 Å². The molecule has 11 rings (SSSR count). The van der Waals surface area contributed by atoms with E-state index in [9.17, 15) is 42.9 Å². The number of hydrogen-bond donors (Lipinski definition) is 5. The predicted molar refractivity (Wildman–Crippen MR) is 415 cm³/mol. The molecule has 5 aliphatic heterocycles. The number of anilines is 4. The molecular formula is C69H102BBr2FN12O15S4. The highest BCUT2D eigenvalue weighted by Gasteiger charge is 2.52. The van der Waals surface area contributed by atoms with Gasteiger partial charge in [-0.15, -0.1) is 0 Å². The van der Waals surface area contributed by atoms with Crippen molar-refractivity contribution in [3.63, 3.8) is 0 Å². The van der Waals surface area contributed by atoms with Crippen LogP contribution in [0.1, 0.15) is 41.5 Å². The van der Waals surface area contributed by atoms with Crippen molar-refractivity contribution in [1.29, 1.82) is 0 Å². The Morgan fingerprint density at radius 2 is 0.933 bits per heavy atom. The molecule has 5 saturated heterocycles. The molecule has 0 bridgehead atoms. The van der Waals surface area contributed by atoms with Crippen molar-refractivity contribution < 1.29 is 66.3 Å². The van der Waals surface area contributed by atoms with Crippen LogP contribution in [0.4, 0.5) is 27.3 Å². The molecule has 104 heavy (non-hydrogen) atoms. The van der Waals surface area contributed by atoms with Crippen LogP contribution in [0.5, 0.6) is 0 Å². The minimum absolute atomic E-state index is 0.0375. The van der Waals surface area contributed by atoms with Crippen LogP contribution in [0.3, 0.4) is 0 Å². The average Bonchev–Trinajstić information content (AvgIpc) is 1.78. The van der Waals surface area contributed by atoms with E-state index in [1.54, 1.807) is 49.5 Å². The molecule has 0 radical (unpaired) electrons. The Morgan fingerprint density at radius 3 is 1.35 bits per heavy atom. The van der Waals surface area contributed by atoms with Gasteiger partial charge in [0.2, 0.25) is 0 Å². The summed E-state index contributed by atoms with van der Waals surface area (Å²) in [6, 6.07) is 21.4. The summed E-state index contributed by atoms with van der Waals surface area (Å²) in [5.41, 5.74) is 8.41. The number of hydrogen-bond acceptors (Lipinski definition) is 26. The second-order valence-electron chi connectivity index (χ2n) is 27.0. The third kappa shape index (κ3) is 26.2. The standard InChI is InChI=1S/C24H32N6O4S.C19H31BN2O5S.C13H19BrN2O3S.C7H6BrFO2S.C6H14N2O/c1-16(2)27-23-22-20(26-15-29(3)24(22)31)14-19(28-23)17-5-6-18(21(13-17)35(4,32)33)25-7-8-30-9-11-34-12-10-30;1-18(2)19(3,4)27-20(26-18)15-6-7-16(17(14-15)28(5,23)24)21-8-9-22-10-12-25-13-11-22;1-20(17,18)13-10-11(14)2-3-12(13)15-4-5-16-6-8-19-9-7-16;1-12(10,11)7-4-5(8)2-3-6(7)9;7-1-2-8-3-5-9-6-4-8/h5-6,13-16,25H,7-12H2,1-4H3,(H,27,28);6-7,14,21H,8-13H2,1-5H3;2-3,10,15H,4-9H2,1H3;2-4H,1H3;1-7H2. The molecule has 0 spiro atoms. The topological polar surface area (TPSA) is 327 Å². The summed E-state index contributed by atoms with van der Waals surface area (Å²) in [6.07, 6.45) is 6.09. The quantitative estimate of drug-likeness (QED) is 0.0489. The van der Waals surface area contributed by atoms with Crippen molar-refractivity contribution in [1.82, 2.24) is 34.1 Å². The van der Waals surface area contributed by atoms with Crippen LogP contribution in [0.15, 0.2) is 119 Å². The number of morpholine rings is 4. The lowest BCUT2D eigenvalue weighted by molar-refractivity contribution is 0.00578. The Morgan fingerprint density at radius 1 is 0.548 bits per heavy atom. The van der Waals surface area contributed by atoms with E-state index in [1.807, 2.05) is 59.7 Å². The number of pyridine rings is 1. The zero-order valence-corrected chi connectivity index (χ0v) is 67.7. The van der Waals surface area contributed by atoms with Crippen molar-refractivity contribution in [2.24, 2.45) is 12.8 Å². The SMILES string of the molecule is CC(C)Nc1nc(-c2ccc(NCCN3CCOCC3)c(S(C)(=O)=O)c2)cc2ncn(C)c(=O)c12.CC1(C)OB(c2ccc(NCCN3CCOCC3)c(S(C)(=O)=O)c2)OC1(C)C.CS(=O)(=O)c1cc(Br)ccc1F.CS(=O)(=O)c1cc(Br)ccc1NCCN1CCOCC1.NCCN1CCOCC1. The summed E-state index contributed by atoms with van der Waals surface area (Å²) in [5, 5.41) is 13.4. The van der Waals surface area contributed by atoms with Gasteiger partial charge in [0.25, 0.3) is 5.56 Å². The van der Waals surface area contributed by atoms with Crippen LogP contribution >= 0.6 is 31.9 Å². The van der Waals surface area contributed by atoms with Gasteiger partial charge in [-0.2, -0.15) is 0 Å². The molecule has 0 unspecified atom stereocenters. The van der Waals surface area contributed by atoms with Gasteiger partial charge in [0.05, 0.1) is 113 Å². The Labute approximate surface area is 630 Å². The smallest absolute Gasteiger partial charge is 0.399 e. The maximum atomic E-state index is 12.9. The number of ether oxygens (including phenoxy) is 4. The van der Waals surface area contributed by atoms with Crippen LogP contribution < -0.4 is 38.0 Å². The number of benzene rings is 4. The Hall–Kier alpha value is -5.32. The highest BCUT2D eigenvalue weighted by molar-refractivity contribution is 9.10. The lowest BCUT2D eigenvalue weighted by atomic mass is 9.79. The molecule has 7 heterocycles. The second-order valence-corrected chi connectivity index (χ2v) is 36.7. The lowest BCUT2D eigenvalue weighted by Crippen LogP contribution is -2.41. The molecule has 0 amide bonds. The molecule has 576 valence electrons. The first-order valence-electron chi connectivity index (χ1n) is 34.4. The van der Waals surface area contributed by atoms with Crippen molar-refractivity contribution in [2.45, 2.75) is 78.4 Å². The monoisotopic (exact) mass is 1650 g/mol. The first-order chi connectivity index (χ1) is 48.9. The van der Waals surface area contributed by atoms with Crippen LogP contribution in [0.25, 0.3) is 22.2 Å². The van der Waals surface area contributed by atoms with E-state index in [4.69, 9.17) is 39.0 Å². The second kappa shape index (κ2) is 39.2. The van der Waals surface area contributed by atoms with Gasteiger partial charge in [0.1, 0.15) is 21.9 Å². The molecule has 0 saturated carbocycles. The van der Waals surface area contributed by atoms with Crippen molar-refractivity contribution in [3.05, 3.63) is 110 Å². The number of rotatable bonds is 22. The molecule has 35 heteroatoms. The van der Waals surface area contributed by atoms with E-state index < -0.39 is 63.5 Å². The molecule has 6 aromatic rings. The van der Waals surface area contributed by atoms with Gasteiger partial charge >= 0.3 is 7.12 Å². The third-order valence-electron chi connectivity index (χ3n) is 17.7. The first kappa shape index (κ1) is 85.9. The van der Waals surface area contributed by atoms with Gasteiger partial charge < -0.3 is 59.8 Å². The molecule has 0 atom stereocenters. The molecule has 5 aliphatic rings. The summed E-state index contributed by atoms with van der Waals surface area (Å²) >= 11 is 6.36. The maximum absolute atomic E-state index is 12.9. The Balaban J connectivity index is 0.000000195. The van der Waals surface area contributed by atoms with Crippen LogP contribution in [0, 0.1) is 5.82 Å². The zero-order valence-electron chi connectivity index (χ0n) is 61.3. The van der Waals surface area contributed by atoms with E-state index in [2.05, 4.69) is 77.7 Å². The number of aromatic nitrogens is 3. The van der Waals surface area contributed by atoms with Crippen molar-refractivity contribution in [2.75, 3.05) is 204 Å². The Bertz CT molecular complexity index is 4340. The minimum Gasteiger partial charge on any atom is -0.399 e. The number of nitrogens with two attached hydrogens (primary N) is 1. The van der Waals surface area contributed by atoms with E-state index in [0.29, 0.717) is 79.5 Å². The number of nitrogens with one attached hydrogen (secondary N) is 4. The zero-order chi connectivity index (χ0) is 76.2. The fourth-order valence-electron chi connectivity index (χ4n) is 11.2. The van der Waals surface area contributed by atoms with Crippen molar-refractivity contribution >= 4 is 118 Å². The summed E-state index contributed by atoms with van der Waals surface area (Å²) < 4.78 is 144. The van der Waals surface area contributed by atoms with E-state index >= 15 is 0 Å². The van der Waals surface area contributed by atoms with Gasteiger partial charge in [-0.05, 0) is 114 Å². The number of halogens is 3. The summed E-state index contributed by atoms with van der Waals surface area (Å²) in [6.45, 7) is 31.9. The highest BCUT2D eigenvalue weighted by Crippen LogP contribution is 2.37. The molecule has 0 aliphatic carbocycles. The molecule has 27 nitrogen and oxygen atoms in total. The molecule has 5 fully saturated rings. The molecule has 6 N–H and O–H groups in total. The minimum atomic E-state index is -3.51. The molecular weight excluding hydrogens is 1550 g/mol. The first-order valence-corrected chi connectivity index (χ1v) is 43.5. The number of sulfone groups is 4. The molecule has 2 aromatic heterocycles. The average molecular weight is 1660 g/mol. The highest BCUT2D eigenvalue weighted by atomic mass is 79.9. The van der Waals surface area contributed by atoms with Gasteiger partial charge in [-0.3, -0.25) is 24.4 Å². The van der Waals surface area contributed by atoms with Crippen molar-refractivity contribution in [3.8, 4) is 11.3 Å². The van der Waals surface area contributed by atoms with Crippen LogP contribution in [-0.4, -0.2) is 275 Å². The summed E-state index contributed by atoms with van der Waals surface area (Å²) in [4.78, 5) is 31.6. The Kier molecular flexibility index (Phi) is 32.4. The van der Waals surface area contributed by atoms with Crippen LogP contribution in [0.2, 0.25) is 0 Å². The number of fused-ring (bicyclic) bond motifs is 1. The van der Waals surface area contributed by atoms with E-state index in [0.717, 1.165) is 155 Å². The molecule has 4 aromatic carbocycles.